The second kappa shape index (κ2) is 3.18. The molecule has 0 unspecified atom stereocenters. The summed E-state index contributed by atoms with van der Waals surface area (Å²) in [6, 6.07) is 7.32. The first-order chi connectivity index (χ1) is 6.40. The van der Waals surface area contributed by atoms with E-state index in [-0.39, 0.29) is 5.88 Å². The van der Waals surface area contributed by atoms with Crippen LogP contribution >= 0.6 is 0 Å². The molecule has 2 aromatic rings. The Labute approximate surface area is 74.2 Å². The molecule has 0 saturated carbocycles. The van der Waals surface area contributed by atoms with Crippen molar-refractivity contribution >= 4 is 17.5 Å². The Morgan fingerprint density at radius 1 is 1.23 bits per heavy atom. The zero-order valence-corrected chi connectivity index (χ0v) is 6.60. The van der Waals surface area contributed by atoms with E-state index in [1.54, 1.807) is 6.07 Å². The van der Waals surface area contributed by atoms with Crippen molar-refractivity contribution < 1.29 is 9.53 Å². The highest BCUT2D eigenvalue weighted by Crippen LogP contribution is 2.11. The van der Waals surface area contributed by atoms with Crippen molar-refractivity contribution in [3.8, 4) is 5.88 Å². The van der Waals surface area contributed by atoms with Gasteiger partial charge < -0.3 is 4.74 Å². The summed E-state index contributed by atoms with van der Waals surface area (Å²) in [5, 5.41) is 0. The van der Waals surface area contributed by atoms with Crippen molar-refractivity contribution in [2.45, 2.75) is 0 Å². The second-order valence-corrected chi connectivity index (χ2v) is 2.38. The van der Waals surface area contributed by atoms with Gasteiger partial charge >= 0.3 is 6.47 Å². The van der Waals surface area contributed by atoms with Gasteiger partial charge in [-0.25, -0.2) is 14.8 Å². The predicted octanol–water partition coefficient (Wildman–Crippen LogP) is 1.08. The van der Waals surface area contributed by atoms with Gasteiger partial charge in [0.25, 0.3) is 0 Å². The monoisotopic (exact) mass is 173 g/mol. The van der Waals surface area contributed by atoms with Gasteiger partial charge in [0.1, 0.15) is 0 Å². The molecular weight excluding hydrogens is 168 g/mol. The number of para-hydroxylation sites is 2. The minimum Gasteiger partial charge on any atom is -0.397 e. The average molecular weight is 173 g/mol. The summed E-state index contributed by atoms with van der Waals surface area (Å²) in [7, 11) is 0. The Balaban J connectivity index is 2.55. The van der Waals surface area contributed by atoms with E-state index in [2.05, 4.69) is 14.7 Å². The third-order valence-electron chi connectivity index (χ3n) is 1.57. The molecule has 0 saturated heterocycles. The first kappa shape index (κ1) is 7.67. The molecule has 0 aliphatic heterocycles. The Hall–Kier alpha value is -1.97. The molecule has 0 fully saturated rings. The van der Waals surface area contributed by atoms with Crippen LogP contribution in [0.15, 0.2) is 30.5 Å². The Morgan fingerprint density at radius 2 is 2.00 bits per heavy atom. The van der Waals surface area contributed by atoms with Gasteiger partial charge in [-0.15, -0.1) is 0 Å². The molecule has 1 aromatic carbocycles. The number of hydrogen-bond acceptors (Lipinski definition) is 4. The summed E-state index contributed by atoms with van der Waals surface area (Å²) in [6.45, 7) is 1.30. The van der Waals surface area contributed by atoms with E-state index in [4.69, 9.17) is 0 Å². The van der Waals surface area contributed by atoms with Gasteiger partial charge in [-0.3, -0.25) is 0 Å². The van der Waals surface area contributed by atoms with E-state index in [9.17, 15) is 4.79 Å². The third-order valence-corrected chi connectivity index (χ3v) is 1.57. The molecule has 1 aromatic heterocycles. The maximum Gasteiger partial charge on any atom is 0.424 e. The first-order valence-electron chi connectivity index (χ1n) is 3.66. The second-order valence-electron chi connectivity index (χ2n) is 2.38. The average Bonchev–Trinajstić information content (AvgIpc) is 2.18. The van der Waals surface area contributed by atoms with Crippen LogP contribution in [0.5, 0.6) is 5.88 Å². The molecule has 4 heteroatoms. The van der Waals surface area contributed by atoms with Gasteiger partial charge in [-0.05, 0) is 12.1 Å². The zero-order valence-electron chi connectivity index (χ0n) is 6.60. The van der Waals surface area contributed by atoms with E-state index in [1.807, 2.05) is 18.2 Å². The summed E-state index contributed by atoms with van der Waals surface area (Å²) in [5.41, 5.74) is 1.45. The minimum absolute atomic E-state index is 0.161. The number of ether oxygens (including phenoxy) is 1. The molecule has 0 atom stereocenters. The van der Waals surface area contributed by atoms with Crippen LogP contribution in [0.1, 0.15) is 0 Å². The van der Waals surface area contributed by atoms with Crippen LogP contribution < -0.4 is 4.74 Å². The fourth-order valence-electron chi connectivity index (χ4n) is 1.03. The molecule has 13 heavy (non-hydrogen) atoms. The molecule has 63 valence electrons. The summed E-state index contributed by atoms with van der Waals surface area (Å²) in [6.07, 6.45) is 1.38. The lowest BCUT2D eigenvalue weighted by atomic mass is 10.3. The van der Waals surface area contributed by atoms with Crippen LogP contribution in [0.25, 0.3) is 11.0 Å². The standard InChI is InChI=1S/C9H5N2O2/c12-6-13-9-5-10-7-3-1-2-4-8(7)11-9/h1-5H. The summed E-state index contributed by atoms with van der Waals surface area (Å²) in [4.78, 5) is 17.9. The van der Waals surface area contributed by atoms with Gasteiger partial charge in [0.2, 0.25) is 5.88 Å². The summed E-state index contributed by atoms with van der Waals surface area (Å²) < 4.78 is 4.43. The lowest BCUT2D eigenvalue weighted by molar-refractivity contribution is 0.433. The van der Waals surface area contributed by atoms with Crippen molar-refractivity contribution in [2.75, 3.05) is 0 Å². The van der Waals surface area contributed by atoms with Crippen molar-refractivity contribution in [3.05, 3.63) is 30.5 Å². The van der Waals surface area contributed by atoms with E-state index in [0.717, 1.165) is 5.52 Å². The van der Waals surface area contributed by atoms with Crippen LogP contribution in [-0.4, -0.2) is 16.4 Å². The lowest BCUT2D eigenvalue weighted by Gasteiger charge is -1.97. The van der Waals surface area contributed by atoms with Crippen LogP contribution in [0.4, 0.5) is 0 Å². The SMILES string of the molecule is O=[C]Oc1cnc2ccccc2n1. The molecule has 2 rings (SSSR count). The first-order valence-corrected chi connectivity index (χ1v) is 3.66. The molecule has 0 spiro atoms. The minimum atomic E-state index is 0.161. The number of fused-ring (bicyclic) bond motifs is 1. The van der Waals surface area contributed by atoms with Gasteiger partial charge in [-0.2, -0.15) is 0 Å². The number of carbonyl (C=O) groups excluding carboxylic acids is 1. The van der Waals surface area contributed by atoms with Crippen molar-refractivity contribution in [2.24, 2.45) is 0 Å². The summed E-state index contributed by atoms with van der Waals surface area (Å²) >= 11 is 0. The van der Waals surface area contributed by atoms with E-state index in [1.165, 1.54) is 12.7 Å². The Bertz CT molecular complexity index is 442. The van der Waals surface area contributed by atoms with Gasteiger partial charge in [0.15, 0.2) is 0 Å². The zero-order chi connectivity index (χ0) is 9.10. The predicted molar refractivity (Wildman–Crippen MR) is 45.9 cm³/mol. The highest BCUT2D eigenvalue weighted by Gasteiger charge is 1.98. The molecular formula is C9H5N2O2. The smallest absolute Gasteiger partial charge is 0.397 e. The lowest BCUT2D eigenvalue weighted by Crippen LogP contribution is -1.93. The van der Waals surface area contributed by atoms with Crippen molar-refractivity contribution in [1.82, 2.24) is 9.97 Å². The molecule has 4 nitrogen and oxygen atoms in total. The number of nitrogens with zero attached hydrogens (tertiary/aromatic N) is 2. The number of benzene rings is 1. The molecule has 1 radical (unpaired) electrons. The highest BCUT2D eigenvalue weighted by molar-refractivity contribution is 5.74. The fraction of sp³-hybridized carbons (Fsp3) is 0. The maximum atomic E-state index is 9.90. The van der Waals surface area contributed by atoms with Crippen LogP contribution in [-0.2, 0) is 4.79 Å². The Kier molecular flexibility index (Phi) is 1.88. The molecule has 0 aliphatic carbocycles. The highest BCUT2D eigenvalue weighted by atomic mass is 16.5. The van der Waals surface area contributed by atoms with Gasteiger partial charge in [0.05, 0.1) is 17.2 Å². The van der Waals surface area contributed by atoms with Crippen molar-refractivity contribution in [1.29, 1.82) is 0 Å². The molecule has 0 amide bonds. The quantitative estimate of drug-likeness (QED) is 0.681. The molecule has 1 heterocycles. The van der Waals surface area contributed by atoms with Crippen LogP contribution in [0.3, 0.4) is 0 Å². The van der Waals surface area contributed by atoms with E-state index < -0.39 is 0 Å². The van der Waals surface area contributed by atoms with Gasteiger partial charge in [0, 0.05) is 0 Å². The maximum absolute atomic E-state index is 9.90. The number of aromatic nitrogens is 2. The van der Waals surface area contributed by atoms with Gasteiger partial charge in [-0.1, -0.05) is 12.1 Å². The topological polar surface area (TPSA) is 52.1 Å². The van der Waals surface area contributed by atoms with E-state index >= 15 is 0 Å². The molecule has 0 aliphatic rings. The number of rotatable bonds is 2. The molecule has 0 bridgehead atoms. The van der Waals surface area contributed by atoms with E-state index in [0.29, 0.717) is 5.52 Å². The van der Waals surface area contributed by atoms with Crippen molar-refractivity contribution in [3.63, 3.8) is 0 Å². The largest absolute Gasteiger partial charge is 0.424 e. The summed E-state index contributed by atoms with van der Waals surface area (Å²) in [5.74, 6) is 0.161. The molecule has 0 N–H and O–H groups in total. The van der Waals surface area contributed by atoms with Crippen LogP contribution in [0, 0.1) is 0 Å². The Morgan fingerprint density at radius 3 is 2.77 bits per heavy atom. The number of hydrogen-bond donors (Lipinski definition) is 0. The van der Waals surface area contributed by atoms with Crippen LogP contribution in [0.2, 0.25) is 0 Å². The fourth-order valence-corrected chi connectivity index (χ4v) is 1.03. The third kappa shape index (κ3) is 1.46. The normalized spacial score (nSPS) is 9.85.